The van der Waals surface area contributed by atoms with Crippen molar-refractivity contribution in [2.75, 3.05) is 20.1 Å². The largest absolute Gasteiger partial charge is 0.387 e. The van der Waals surface area contributed by atoms with Crippen molar-refractivity contribution >= 4 is 0 Å². The number of rotatable bonds is 7. The first-order valence-electron chi connectivity index (χ1n) is 8.64. The third kappa shape index (κ3) is 5.44. The van der Waals surface area contributed by atoms with Gasteiger partial charge in [0.2, 0.25) is 0 Å². The highest BCUT2D eigenvalue weighted by Gasteiger charge is 2.17. The molecule has 2 heteroatoms. The molecule has 0 spiro atoms. The Kier molecular flexibility index (Phi) is 6.72. The molecule has 0 aromatic heterocycles. The topological polar surface area (TPSA) is 23.5 Å². The van der Waals surface area contributed by atoms with Gasteiger partial charge in [-0.1, -0.05) is 56.9 Å². The number of aliphatic hydroxyl groups excluding tert-OH is 1. The summed E-state index contributed by atoms with van der Waals surface area (Å²) in [5.41, 5.74) is 2.41. The Labute approximate surface area is 130 Å². The summed E-state index contributed by atoms with van der Waals surface area (Å²) in [5.74, 6) is 0.836. The Balaban J connectivity index is 1.80. The average Bonchev–Trinajstić information content (AvgIpc) is 2.49. The fraction of sp³-hybridized carbons (Fsp3) is 0.684. The molecule has 0 amide bonds. The lowest BCUT2D eigenvalue weighted by Gasteiger charge is -2.28. The minimum atomic E-state index is -0.366. The summed E-state index contributed by atoms with van der Waals surface area (Å²) in [6.07, 6.45) is 8.85. The van der Waals surface area contributed by atoms with E-state index in [0.29, 0.717) is 0 Å². The summed E-state index contributed by atoms with van der Waals surface area (Å²) in [5, 5.41) is 10.4. The van der Waals surface area contributed by atoms with Crippen LogP contribution in [0.15, 0.2) is 24.3 Å². The molecule has 118 valence electrons. The fourth-order valence-corrected chi connectivity index (χ4v) is 3.48. The van der Waals surface area contributed by atoms with Gasteiger partial charge in [0, 0.05) is 13.1 Å². The van der Waals surface area contributed by atoms with Crippen molar-refractivity contribution in [3.8, 4) is 0 Å². The van der Waals surface area contributed by atoms with E-state index in [1.165, 1.54) is 44.1 Å². The van der Waals surface area contributed by atoms with Crippen molar-refractivity contribution in [2.45, 2.75) is 58.0 Å². The zero-order chi connectivity index (χ0) is 15.1. The molecule has 0 saturated heterocycles. The molecule has 0 aliphatic heterocycles. The Hall–Kier alpha value is -0.860. The van der Waals surface area contributed by atoms with Gasteiger partial charge in [0.05, 0.1) is 6.10 Å². The van der Waals surface area contributed by atoms with Crippen LogP contribution in [0.4, 0.5) is 0 Å². The highest BCUT2D eigenvalue weighted by Crippen LogP contribution is 2.25. The number of likely N-dealkylation sites (N-methyl/N-ethyl adjacent to an activating group) is 1. The third-order valence-corrected chi connectivity index (χ3v) is 4.68. The van der Waals surface area contributed by atoms with Crippen LogP contribution in [0.3, 0.4) is 0 Å². The van der Waals surface area contributed by atoms with Crippen molar-refractivity contribution in [3.05, 3.63) is 35.4 Å². The first kappa shape index (κ1) is 16.5. The number of aliphatic hydroxyl groups is 1. The van der Waals surface area contributed by atoms with Crippen LogP contribution >= 0.6 is 0 Å². The first-order valence-corrected chi connectivity index (χ1v) is 8.64. The zero-order valence-electron chi connectivity index (χ0n) is 13.7. The van der Waals surface area contributed by atoms with Gasteiger partial charge in [0.25, 0.3) is 0 Å². The van der Waals surface area contributed by atoms with E-state index in [1.54, 1.807) is 0 Å². The summed E-state index contributed by atoms with van der Waals surface area (Å²) in [6.45, 7) is 4.07. The molecular formula is C19H31NO. The van der Waals surface area contributed by atoms with Crippen LogP contribution in [-0.2, 0) is 6.42 Å². The Morgan fingerprint density at radius 2 is 1.81 bits per heavy atom. The SMILES string of the molecule is CCCc1ccc(C(O)CN(C)CC2CCCCC2)cc1. The predicted molar refractivity (Wildman–Crippen MR) is 89.5 cm³/mol. The van der Waals surface area contributed by atoms with Crippen LogP contribution in [0.2, 0.25) is 0 Å². The zero-order valence-corrected chi connectivity index (χ0v) is 13.7. The molecule has 1 aromatic carbocycles. The molecule has 1 unspecified atom stereocenters. The standard InChI is InChI=1S/C19H31NO/c1-3-7-16-10-12-18(13-11-16)19(21)15-20(2)14-17-8-5-4-6-9-17/h10-13,17,19,21H,3-9,14-15H2,1-2H3. The second kappa shape index (κ2) is 8.55. The smallest absolute Gasteiger partial charge is 0.0916 e. The molecular weight excluding hydrogens is 258 g/mol. The van der Waals surface area contributed by atoms with Crippen LogP contribution in [-0.4, -0.2) is 30.1 Å². The number of benzene rings is 1. The summed E-state index contributed by atoms with van der Waals surface area (Å²) in [4.78, 5) is 2.31. The number of nitrogens with zero attached hydrogens (tertiary/aromatic N) is 1. The molecule has 1 atom stereocenters. The molecule has 0 radical (unpaired) electrons. The van der Waals surface area contributed by atoms with E-state index in [1.807, 2.05) is 0 Å². The van der Waals surface area contributed by atoms with E-state index >= 15 is 0 Å². The molecule has 1 saturated carbocycles. The van der Waals surface area contributed by atoms with Gasteiger partial charge in [-0.05, 0) is 43.4 Å². The second-order valence-corrected chi connectivity index (χ2v) is 6.73. The fourth-order valence-electron chi connectivity index (χ4n) is 3.48. The van der Waals surface area contributed by atoms with E-state index < -0.39 is 0 Å². The molecule has 2 nitrogen and oxygen atoms in total. The minimum absolute atomic E-state index is 0.366. The molecule has 1 N–H and O–H groups in total. The Morgan fingerprint density at radius 3 is 2.43 bits per heavy atom. The van der Waals surface area contributed by atoms with E-state index in [0.717, 1.165) is 31.0 Å². The minimum Gasteiger partial charge on any atom is -0.387 e. The summed E-state index contributed by atoms with van der Waals surface area (Å²) in [7, 11) is 2.14. The monoisotopic (exact) mass is 289 g/mol. The van der Waals surface area contributed by atoms with E-state index in [2.05, 4.69) is 43.1 Å². The maximum atomic E-state index is 10.4. The maximum absolute atomic E-state index is 10.4. The molecule has 0 heterocycles. The van der Waals surface area contributed by atoms with Crippen LogP contribution in [0.5, 0.6) is 0 Å². The van der Waals surface area contributed by atoms with Gasteiger partial charge in [-0.25, -0.2) is 0 Å². The number of hydrogen-bond acceptors (Lipinski definition) is 2. The number of hydrogen-bond donors (Lipinski definition) is 1. The summed E-state index contributed by atoms with van der Waals surface area (Å²) in [6, 6.07) is 8.49. The Morgan fingerprint density at radius 1 is 1.14 bits per heavy atom. The lowest BCUT2D eigenvalue weighted by Crippen LogP contribution is -2.30. The van der Waals surface area contributed by atoms with Crippen LogP contribution in [0, 0.1) is 5.92 Å². The second-order valence-electron chi connectivity index (χ2n) is 6.73. The van der Waals surface area contributed by atoms with Crippen LogP contribution < -0.4 is 0 Å². The van der Waals surface area contributed by atoms with Gasteiger partial charge >= 0.3 is 0 Å². The van der Waals surface area contributed by atoms with Crippen molar-refractivity contribution in [2.24, 2.45) is 5.92 Å². The van der Waals surface area contributed by atoms with E-state index in [9.17, 15) is 5.11 Å². The predicted octanol–water partition coefficient (Wildman–Crippen LogP) is 4.18. The van der Waals surface area contributed by atoms with Gasteiger partial charge < -0.3 is 10.0 Å². The number of aryl methyl sites for hydroxylation is 1. The van der Waals surface area contributed by atoms with Gasteiger partial charge in [-0.3, -0.25) is 0 Å². The van der Waals surface area contributed by atoms with Gasteiger partial charge in [0.1, 0.15) is 0 Å². The van der Waals surface area contributed by atoms with Gasteiger partial charge in [0.15, 0.2) is 0 Å². The molecule has 2 rings (SSSR count). The van der Waals surface area contributed by atoms with Crippen LogP contribution in [0.1, 0.15) is 62.7 Å². The first-order chi connectivity index (χ1) is 10.2. The van der Waals surface area contributed by atoms with Crippen molar-refractivity contribution in [1.82, 2.24) is 4.90 Å². The quantitative estimate of drug-likeness (QED) is 0.814. The lowest BCUT2D eigenvalue weighted by atomic mass is 9.89. The van der Waals surface area contributed by atoms with Crippen molar-refractivity contribution in [1.29, 1.82) is 0 Å². The highest BCUT2D eigenvalue weighted by molar-refractivity contribution is 5.24. The summed E-state index contributed by atoms with van der Waals surface area (Å²) >= 11 is 0. The van der Waals surface area contributed by atoms with Crippen molar-refractivity contribution < 1.29 is 5.11 Å². The molecule has 1 aromatic rings. The summed E-state index contributed by atoms with van der Waals surface area (Å²) < 4.78 is 0. The van der Waals surface area contributed by atoms with Crippen LogP contribution in [0.25, 0.3) is 0 Å². The third-order valence-electron chi connectivity index (χ3n) is 4.68. The van der Waals surface area contributed by atoms with E-state index in [-0.39, 0.29) is 6.10 Å². The normalized spacial score (nSPS) is 18.1. The van der Waals surface area contributed by atoms with Crippen molar-refractivity contribution in [3.63, 3.8) is 0 Å². The molecule has 1 aliphatic carbocycles. The molecule has 21 heavy (non-hydrogen) atoms. The van der Waals surface area contributed by atoms with Gasteiger partial charge in [-0.2, -0.15) is 0 Å². The maximum Gasteiger partial charge on any atom is 0.0916 e. The Bertz CT molecular complexity index is 395. The molecule has 1 fully saturated rings. The average molecular weight is 289 g/mol. The molecule has 0 bridgehead atoms. The highest BCUT2D eigenvalue weighted by atomic mass is 16.3. The van der Waals surface area contributed by atoms with Gasteiger partial charge in [-0.15, -0.1) is 0 Å². The van der Waals surface area contributed by atoms with E-state index in [4.69, 9.17) is 0 Å². The molecule has 1 aliphatic rings. The lowest BCUT2D eigenvalue weighted by molar-refractivity contribution is 0.113.